The topological polar surface area (TPSA) is 85.2 Å². The normalized spacial score (nSPS) is 27.1. The van der Waals surface area contributed by atoms with Gasteiger partial charge in [0, 0.05) is 18.5 Å². The van der Waals surface area contributed by atoms with Gasteiger partial charge < -0.3 is 14.5 Å². The van der Waals surface area contributed by atoms with Crippen LogP contribution in [0.5, 0.6) is 0 Å². The summed E-state index contributed by atoms with van der Waals surface area (Å²) in [5.74, 6) is -0.171. The van der Waals surface area contributed by atoms with Crippen LogP contribution < -0.4 is 9.80 Å². The highest BCUT2D eigenvalue weighted by atomic mass is 32.2. The number of benzene rings is 1. The van der Waals surface area contributed by atoms with E-state index in [-0.39, 0.29) is 35.3 Å². The van der Waals surface area contributed by atoms with Gasteiger partial charge >= 0.3 is 5.97 Å². The number of carbonyl (C=O) groups is 2. The summed E-state index contributed by atoms with van der Waals surface area (Å²) in [6.45, 7) is 1.77. The molecule has 148 valence electrons. The third-order valence-electron chi connectivity index (χ3n) is 5.51. The molecule has 1 aromatic rings. The van der Waals surface area contributed by atoms with E-state index in [0.29, 0.717) is 25.8 Å². The number of methoxy groups -OCH3 is 1. The molecule has 2 fully saturated rings. The van der Waals surface area contributed by atoms with E-state index in [1.807, 2.05) is 30.3 Å². The van der Waals surface area contributed by atoms with Crippen LogP contribution in [0.25, 0.3) is 0 Å². The molecule has 0 radical (unpaired) electrons. The molecule has 0 saturated carbocycles. The Balaban J connectivity index is 1.68. The summed E-state index contributed by atoms with van der Waals surface area (Å²) in [5, 5.41) is 0. The minimum atomic E-state index is -3.09. The molecule has 0 unspecified atom stereocenters. The summed E-state index contributed by atoms with van der Waals surface area (Å²) in [6.07, 6.45) is 1.89. The molecule has 2 saturated heterocycles. The third kappa shape index (κ3) is 4.87. The molecule has 0 aliphatic carbocycles. The van der Waals surface area contributed by atoms with Crippen molar-refractivity contribution in [2.24, 2.45) is 5.92 Å². The molecular weight excluding hydrogens is 368 g/mol. The lowest BCUT2D eigenvalue weighted by Gasteiger charge is -2.32. The highest BCUT2D eigenvalue weighted by molar-refractivity contribution is 7.91. The number of quaternary nitrogens is 1. The summed E-state index contributed by atoms with van der Waals surface area (Å²) in [7, 11) is -1.69. The molecule has 1 N–H and O–H groups in total. The molecule has 2 aliphatic heterocycles. The highest BCUT2D eigenvalue weighted by Crippen LogP contribution is 2.24. The van der Waals surface area contributed by atoms with Gasteiger partial charge in [-0.1, -0.05) is 18.2 Å². The number of carbonyl (C=O) groups excluding carboxylic acids is 2. The molecule has 0 aromatic heterocycles. The van der Waals surface area contributed by atoms with Gasteiger partial charge in [-0.2, -0.15) is 0 Å². The van der Waals surface area contributed by atoms with Gasteiger partial charge in [0.1, 0.15) is 0 Å². The second-order valence-electron chi connectivity index (χ2n) is 7.38. The van der Waals surface area contributed by atoms with Crippen LogP contribution >= 0.6 is 0 Å². The maximum Gasteiger partial charge on any atom is 0.309 e. The summed E-state index contributed by atoms with van der Waals surface area (Å²) in [4.78, 5) is 27.6. The van der Waals surface area contributed by atoms with Crippen LogP contribution in [-0.4, -0.2) is 64.6 Å². The van der Waals surface area contributed by atoms with Crippen molar-refractivity contribution < 1.29 is 27.6 Å². The van der Waals surface area contributed by atoms with Crippen LogP contribution in [0.15, 0.2) is 30.3 Å². The van der Waals surface area contributed by atoms with E-state index in [1.54, 1.807) is 4.90 Å². The largest absolute Gasteiger partial charge is 0.469 e. The Hall–Kier alpha value is -1.93. The van der Waals surface area contributed by atoms with Crippen molar-refractivity contribution in [2.45, 2.75) is 25.3 Å². The van der Waals surface area contributed by atoms with Crippen LogP contribution in [0.3, 0.4) is 0 Å². The maximum absolute atomic E-state index is 13.1. The second kappa shape index (κ2) is 8.39. The molecule has 27 heavy (non-hydrogen) atoms. The lowest BCUT2D eigenvalue weighted by molar-refractivity contribution is -0.897. The predicted molar refractivity (Wildman–Crippen MR) is 101 cm³/mol. The van der Waals surface area contributed by atoms with Crippen molar-refractivity contribution in [3.63, 3.8) is 0 Å². The SMILES string of the molecule is COC(=O)C1CC[NH+](CC(=O)N(c2ccccc2)[C@H]2CCS(=O)(=O)C2)CC1. The number of esters is 1. The molecule has 2 aliphatic rings. The van der Waals surface area contributed by atoms with E-state index in [2.05, 4.69) is 0 Å². The van der Waals surface area contributed by atoms with Gasteiger partial charge in [0.15, 0.2) is 16.4 Å². The van der Waals surface area contributed by atoms with E-state index in [9.17, 15) is 18.0 Å². The number of hydrogen-bond acceptors (Lipinski definition) is 5. The Kier molecular flexibility index (Phi) is 6.16. The molecule has 0 spiro atoms. The van der Waals surface area contributed by atoms with Gasteiger partial charge in [-0.3, -0.25) is 9.59 Å². The van der Waals surface area contributed by atoms with Crippen molar-refractivity contribution >= 4 is 27.4 Å². The quantitative estimate of drug-likeness (QED) is 0.691. The fourth-order valence-electron chi connectivity index (χ4n) is 4.03. The van der Waals surface area contributed by atoms with E-state index in [4.69, 9.17) is 4.74 Å². The van der Waals surface area contributed by atoms with Gasteiger partial charge in [-0.25, -0.2) is 8.42 Å². The smallest absolute Gasteiger partial charge is 0.309 e. The molecular formula is C19H27N2O5S+. The van der Waals surface area contributed by atoms with Crippen molar-refractivity contribution in [2.75, 3.05) is 43.1 Å². The number of ether oxygens (including phenoxy) is 1. The molecule has 3 rings (SSSR count). The first-order valence-electron chi connectivity index (χ1n) is 9.38. The van der Waals surface area contributed by atoms with E-state index < -0.39 is 9.84 Å². The van der Waals surface area contributed by atoms with Crippen molar-refractivity contribution in [3.8, 4) is 0 Å². The van der Waals surface area contributed by atoms with Crippen LogP contribution in [0.1, 0.15) is 19.3 Å². The Morgan fingerprint density at radius 1 is 1.15 bits per heavy atom. The van der Waals surface area contributed by atoms with Crippen molar-refractivity contribution in [1.29, 1.82) is 0 Å². The minimum absolute atomic E-state index is 0.0212. The minimum Gasteiger partial charge on any atom is -0.469 e. The van der Waals surface area contributed by atoms with Gasteiger partial charge in [-0.15, -0.1) is 0 Å². The van der Waals surface area contributed by atoms with Gasteiger partial charge in [-0.05, 0) is 18.6 Å². The van der Waals surface area contributed by atoms with E-state index >= 15 is 0 Å². The number of anilines is 1. The molecule has 8 heteroatoms. The number of hydrogen-bond donors (Lipinski definition) is 1. The Morgan fingerprint density at radius 2 is 1.81 bits per heavy atom. The first kappa shape index (κ1) is 19.8. The summed E-state index contributed by atoms with van der Waals surface area (Å²) in [6, 6.07) is 8.97. The van der Waals surface area contributed by atoms with Gasteiger partial charge in [0.2, 0.25) is 0 Å². The number of amides is 1. The molecule has 1 amide bonds. The van der Waals surface area contributed by atoms with Crippen LogP contribution in [0.2, 0.25) is 0 Å². The number of nitrogens with zero attached hydrogens (tertiary/aromatic N) is 1. The standard InChI is InChI=1S/C19H26N2O5S/c1-26-19(23)15-7-10-20(11-8-15)13-18(22)21(16-5-3-2-4-6-16)17-9-12-27(24,25)14-17/h2-6,15,17H,7-14H2,1H3/p+1/t17-/m0/s1. The summed E-state index contributed by atoms with van der Waals surface area (Å²) >= 11 is 0. The zero-order valence-corrected chi connectivity index (χ0v) is 16.4. The number of sulfone groups is 1. The Morgan fingerprint density at radius 3 is 2.37 bits per heavy atom. The average Bonchev–Trinajstić information content (AvgIpc) is 3.02. The maximum atomic E-state index is 13.1. The summed E-state index contributed by atoms with van der Waals surface area (Å²) < 4.78 is 28.7. The average molecular weight is 396 g/mol. The number of piperidine rings is 1. The third-order valence-corrected chi connectivity index (χ3v) is 7.26. The second-order valence-corrected chi connectivity index (χ2v) is 9.61. The fraction of sp³-hybridized carbons (Fsp3) is 0.579. The zero-order valence-electron chi connectivity index (χ0n) is 15.6. The van der Waals surface area contributed by atoms with Gasteiger partial charge in [0.25, 0.3) is 5.91 Å². The van der Waals surface area contributed by atoms with Crippen LogP contribution in [0.4, 0.5) is 5.69 Å². The van der Waals surface area contributed by atoms with E-state index in [0.717, 1.165) is 23.7 Å². The number of likely N-dealkylation sites (tertiary alicyclic amines) is 1. The zero-order chi connectivity index (χ0) is 19.4. The van der Waals surface area contributed by atoms with Crippen LogP contribution in [0, 0.1) is 5.92 Å². The lowest BCUT2D eigenvalue weighted by Crippen LogP contribution is -3.14. The lowest BCUT2D eigenvalue weighted by atomic mass is 9.97. The first-order valence-corrected chi connectivity index (χ1v) is 11.2. The number of rotatable bonds is 5. The van der Waals surface area contributed by atoms with Gasteiger partial charge in [0.05, 0.1) is 43.7 Å². The molecule has 7 nitrogen and oxygen atoms in total. The van der Waals surface area contributed by atoms with Crippen molar-refractivity contribution in [1.82, 2.24) is 0 Å². The molecule has 1 aromatic carbocycles. The fourth-order valence-corrected chi connectivity index (χ4v) is 5.73. The molecule has 1 atom stereocenters. The monoisotopic (exact) mass is 395 g/mol. The summed E-state index contributed by atoms with van der Waals surface area (Å²) in [5.41, 5.74) is 0.744. The Bertz CT molecular complexity index is 773. The number of para-hydroxylation sites is 1. The number of nitrogens with one attached hydrogen (secondary N) is 1. The van der Waals surface area contributed by atoms with Crippen LogP contribution in [-0.2, 0) is 24.2 Å². The predicted octanol–water partition coefficient (Wildman–Crippen LogP) is -0.325. The first-order chi connectivity index (χ1) is 12.9. The Labute approximate surface area is 160 Å². The van der Waals surface area contributed by atoms with Crippen molar-refractivity contribution in [3.05, 3.63) is 30.3 Å². The molecule has 2 heterocycles. The molecule has 0 bridgehead atoms. The van der Waals surface area contributed by atoms with E-state index in [1.165, 1.54) is 7.11 Å². The highest BCUT2D eigenvalue weighted by Gasteiger charge is 2.37.